The summed E-state index contributed by atoms with van der Waals surface area (Å²) in [6.07, 6.45) is 1.75. The zero-order valence-corrected chi connectivity index (χ0v) is 11.2. The Balaban J connectivity index is 2.15. The molecule has 0 aliphatic carbocycles. The second-order valence-electron chi connectivity index (χ2n) is 4.67. The van der Waals surface area contributed by atoms with Crippen LogP contribution in [0.15, 0.2) is 21.9 Å². The van der Waals surface area contributed by atoms with Crippen LogP contribution in [0.2, 0.25) is 0 Å². The molecule has 1 aliphatic rings. The first-order chi connectivity index (χ1) is 9.97. The van der Waals surface area contributed by atoms with Gasteiger partial charge in [0.05, 0.1) is 12.6 Å². The van der Waals surface area contributed by atoms with E-state index in [9.17, 15) is 19.2 Å². The largest absolute Gasteiger partial charge is 0.480 e. The Labute approximate surface area is 118 Å². The van der Waals surface area contributed by atoms with Crippen molar-refractivity contribution in [2.24, 2.45) is 0 Å². The number of hydrogen-bond donors (Lipinski definition) is 2. The molecule has 2 rings (SSSR count). The summed E-state index contributed by atoms with van der Waals surface area (Å²) >= 11 is 0. The van der Waals surface area contributed by atoms with Crippen LogP contribution in [-0.2, 0) is 20.9 Å². The summed E-state index contributed by atoms with van der Waals surface area (Å²) in [4.78, 5) is 48.8. The number of H-pyrrole nitrogens is 1. The fourth-order valence-electron chi connectivity index (χ4n) is 2.14. The normalized spacial score (nSPS) is 17.6. The van der Waals surface area contributed by atoms with Gasteiger partial charge in [-0.05, 0) is 6.42 Å². The first-order valence-electron chi connectivity index (χ1n) is 6.36. The molecule has 1 atom stereocenters. The van der Waals surface area contributed by atoms with E-state index >= 15 is 0 Å². The van der Waals surface area contributed by atoms with Gasteiger partial charge < -0.3 is 14.7 Å². The molecular weight excluding hydrogens is 282 g/mol. The number of aromatic amines is 1. The van der Waals surface area contributed by atoms with Crippen LogP contribution < -0.4 is 11.2 Å². The summed E-state index contributed by atoms with van der Waals surface area (Å²) in [6.45, 7) is -0.0451. The van der Waals surface area contributed by atoms with Crippen molar-refractivity contribution in [2.75, 3.05) is 19.8 Å². The summed E-state index contributed by atoms with van der Waals surface area (Å²) in [6, 6.07) is 0.807. The van der Waals surface area contributed by atoms with E-state index in [0.29, 0.717) is 13.0 Å². The summed E-state index contributed by atoms with van der Waals surface area (Å²) in [7, 11) is 0. The number of carboxylic acid groups (broad SMARTS) is 1. The van der Waals surface area contributed by atoms with Gasteiger partial charge >= 0.3 is 11.7 Å². The number of nitrogens with zero attached hydrogens (tertiary/aromatic N) is 2. The molecule has 2 heterocycles. The fraction of sp³-hybridized carbons (Fsp3) is 0.500. The van der Waals surface area contributed by atoms with Crippen LogP contribution >= 0.6 is 0 Å². The van der Waals surface area contributed by atoms with E-state index in [2.05, 4.69) is 0 Å². The smallest absolute Gasteiger partial charge is 0.328 e. The SMILES string of the molecule is O=C(O)CN(C(=O)Cn1ccc(=O)[nH]c1=O)[C@@H]1CCOC1. The number of carbonyl (C=O) groups excluding carboxylic acids is 1. The Bertz CT molecular complexity index is 643. The molecule has 1 saturated heterocycles. The van der Waals surface area contributed by atoms with Gasteiger partial charge in [-0.25, -0.2) is 4.79 Å². The summed E-state index contributed by atoms with van der Waals surface area (Å²) in [5, 5.41) is 8.90. The Morgan fingerprint density at radius 3 is 2.81 bits per heavy atom. The molecule has 1 aromatic heterocycles. The van der Waals surface area contributed by atoms with Crippen LogP contribution in [0, 0.1) is 0 Å². The number of hydrogen-bond acceptors (Lipinski definition) is 5. The second-order valence-corrected chi connectivity index (χ2v) is 4.67. The van der Waals surface area contributed by atoms with Gasteiger partial charge in [-0.2, -0.15) is 0 Å². The highest BCUT2D eigenvalue weighted by Gasteiger charge is 2.29. The molecular formula is C12H15N3O6. The van der Waals surface area contributed by atoms with Crippen LogP contribution in [0.5, 0.6) is 0 Å². The van der Waals surface area contributed by atoms with E-state index in [1.54, 1.807) is 0 Å². The molecule has 1 amide bonds. The van der Waals surface area contributed by atoms with Gasteiger partial charge in [-0.3, -0.25) is 23.9 Å². The average molecular weight is 297 g/mol. The average Bonchev–Trinajstić information content (AvgIpc) is 2.92. The number of rotatable bonds is 5. The number of amides is 1. The van der Waals surface area contributed by atoms with Crippen molar-refractivity contribution in [3.8, 4) is 0 Å². The number of aliphatic carboxylic acids is 1. The Hall–Kier alpha value is -2.42. The Morgan fingerprint density at radius 1 is 1.48 bits per heavy atom. The summed E-state index contributed by atoms with van der Waals surface area (Å²) in [5.74, 6) is -1.65. The minimum atomic E-state index is -1.14. The van der Waals surface area contributed by atoms with Crippen LogP contribution in [0.1, 0.15) is 6.42 Å². The maximum absolute atomic E-state index is 12.2. The molecule has 0 bridgehead atoms. The lowest BCUT2D eigenvalue weighted by Crippen LogP contribution is -2.46. The third-order valence-corrected chi connectivity index (χ3v) is 3.17. The highest BCUT2D eigenvalue weighted by molar-refractivity contribution is 5.81. The first kappa shape index (κ1) is 15.0. The van der Waals surface area contributed by atoms with Gasteiger partial charge in [-0.15, -0.1) is 0 Å². The molecule has 0 unspecified atom stereocenters. The van der Waals surface area contributed by atoms with Crippen molar-refractivity contribution in [2.45, 2.75) is 19.0 Å². The lowest BCUT2D eigenvalue weighted by atomic mass is 10.2. The monoisotopic (exact) mass is 297 g/mol. The topological polar surface area (TPSA) is 122 Å². The van der Waals surface area contributed by atoms with Crippen LogP contribution in [0.4, 0.5) is 0 Å². The summed E-state index contributed by atoms with van der Waals surface area (Å²) in [5.41, 5.74) is -1.27. The van der Waals surface area contributed by atoms with Crippen molar-refractivity contribution in [1.82, 2.24) is 14.5 Å². The number of ether oxygens (including phenoxy) is 1. The maximum atomic E-state index is 12.2. The fourth-order valence-corrected chi connectivity index (χ4v) is 2.14. The van der Waals surface area contributed by atoms with Crippen molar-refractivity contribution in [3.05, 3.63) is 33.1 Å². The van der Waals surface area contributed by atoms with Gasteiger partial charge in [0.15, 0.2) is 0 Å². The van der Waals surface area contributed by atoms with E-state index in [-0.39, 0.29) is 19.2 Å². The molecule has 0 aromatic carbocycles. The lowest BCUT2D eigenvalue weighted by molar-refractivity contribution is -0.146. The van der Waals surface area contributed by atoms with Crippen LogP contribution in [-0.4, -0.2) is 57.2 Å². The number of nitrogens with one attached hydrogen (secondary N) is 1. The van der Waals surface area contributed by atoms with E-state index in [4.69, 9.17) is 9.84 Å². The van der Waals surface area contributed by atoms with Crippen molar-refractivity contribution in [3.63, 3.8) is 0 Å². The third-order valence-electron chi connectivity index (χ3n) is 3.17. The highest BCUT2D eigenvalue weighted by Crippen LogP contribution is 2.12. The number of carboxylic acids is 1. The molecule has 1 aliphatic heterocycles. The minimum absolute atomic E-state index is 0.277. The van der Waals surface area contributed by atoms with E-state index in [1.165, 1.54) is 11.1 Å². The zero-order valence-electron chi connectivity index (χ0n) is 11.2. The van der Waals surface area contributed by atoms with Gasteiger partial charge in [0.25, 0.3) is 5.56 Å². The molecule has 2 N–H and O–H groups in total. The molecule has 0 spiro atoms. The van der Waals surface area contributed by atoms with E-state index in [1.807, 2.05) is 4.98 Å². The van der Waals surface area contributed by atoms with Gasteiger partial charge in [0.1, 0.15) is 13.1 Å². The second kappa shape index (κ2) is 6.35. The molecule has 0 saturated carbocycles. The van der Waals surface area contributed by atoms with Crippen molar-refractivity contribution < 1.29 is 19.4 Å². The molecule has 9 heteroatoms. The van der Waals surface area contributed by atoms with Crippen LogP contribution in [0.25, 0.3) is 0 Å². The van der Waals surface area contributed by atoms with E-state index < -0.39 is 29.7 Å². The Kier molecular flexibility index (Phi) is 4.53. The standard InChI is InChI=1S/C12H15N3O6/c16-9-1-3-14(12(20)13-9)5-10(17)15(6-11(18)19)8-2-4-21-7-8/h1,3,8H,2,4-7H2,(H,18,19)(H,13,16,20)/t8-/m1/s1. The molecule has 9 nitrogen and oxygen atoms in total. The molecule has 1 aromatic rings. The lowest BCUT2D eigenvalue weighted by Gasteiger charge is -2.26. The highest BCUT2D eigenvalue weighted by atomic mass is 16.5. The molecule has 114 valence electrons. The van der Waals surface area contributed by atoms with Crippen molar-refractivity contribution >= 4 is 11.9 Å². The van der Waals surface area contributed by atoms with Crippen LogP contribution in [0.3, 0.4) is 0 Å². The maximum Gasteiger partial charge on any atom is 0.328 e. The molecule has 0 radical (unpaired) electrons. The van der Waals surface area contributed by atoms with E-state index in [0.717, 1.165) is 10.6 Å². The minimum Gasteiger partial charge on any atom is -0.480 e. The summed E-state index contributed by atoms with van der Waals surface area (Å²) < 4.78 is 6.18. The predicted molar refractivity (Wildman–Crippen MR) is 69.9 cm³/mol. The predicted octanol–water partition coefficient (Wildman–Crippen LogP) is -1.76. The Morgan fingerprint density at radius 2 is 2.24 bits per heavy atom. The third kappa shape index (κ3) is 3.78. The zero-order chi connectivity index (χ0) is 15.4. The number of aromatic nitrogens is 2. The first-order valence-corrected chi connectivity index (χ1v) is 6.36. The molecule has 1 fully saturated rings. The van der Waals surface area contributed by atoms with Gasteiger partial charge in [0.2, 0.25) is 5.91 Å². The van der Waals surface area contributed by atoms with Gasteiger partial charge in [0, 0.05) is 18.9 Å². The van der Waals surface area contributed by atoms with Gasteiger partial charge in [-0.1, -0.05) is 0 Å². The van der Waals surface area contributed by atoms with Crippen molar-refractivity contribution in [1.29, 1.82) is 0 Å². The number of carbonyl (C=O) groups is 2. The molecule has 21 heavy (non-hydrogen) atoms. The quantitative estimate of drug-likeness (QED) is 0.664.